The Morgan fingerprint density at radius 2 is 2.20 bits per heavy atom. The summed E-state index contributed by atoms with van der Waals surface area (Å²) in [6.07, 6.45) is 4.81. The monoisotopic (exact) mass is 213 g/mol. The molecule has 1 unspecified atom stereocenters. The molecule has 3 nitrogen and oxygen atoms in total. The van der Waals surface area contributed by atoms with E-state index in [4.69, 9.17) is 4.74 Å². The highest BCUT2D eigenvalue weighted by Crippen LogP contribution is 2.09. The molecule has 1 N–H and O–H groups in total. The second-order valence-electron chi connectivity index (χ2n) is 4.24. The fourth-order valence-corrected chi connectivity index (χ4v) is 1.77. The molecule has 0 radical (unpaired) electrons. The summed E-state index contributed by atoms with van der Waals surface area (Å²) in [5, 5.41) is 9.34. The minimum Gasteiger partial charge on any atom is -0.393 e. The summed E-state index contributed by atoms with van der Waals surface area (Å²) in [7, 11) is 0. The van der Waals surface area contributed by atoms with Crippen LogP contribution in [0.5, 0.6) is 0 Å². The molecule has 1 aliphatic rings. The maximum Gasteiger partial charge on any atom is 0.0725 e. The lowest BCUT2D eigenvalue weighted by Gasteiger charge is -2.29. The van der Waals surface area contributed by atoms with E-state index in [1.54, 1.807) is 0 Å². The molecule has 1 rings (SSSR count). The molecular weight excluding hydrogens is 190 g/mol. The van der Waals surface area contributed by atoms with E-state index in [2.05, 4.69) is 11.5 Å². The van der Waals surface area contributed by atoms with E-state index in [-0.39, 0.29) is 12.2 Å². The molecular formula is C12H23NO2. The van der Waals surface area contributed by atoms with Gasteiger partial charge in [0, 0.05) is 26.2 Å². The Bertz CT molecular complexity index is 176. The van der Waals surface area contributed by atoms with Crippen LogP contribution in [0.4, 0.5) is 0 Å². The molecule has 1 aliphatic heterocycles. The maximum absolute atomic E-state index is 9.34. The Kier molecular flexibility index (Phi) is 5.91. The molecule has 1 fully saturated rings. The van der Waals surface area contributed by atoms with Gasteiger partial charge >= 0.3 is 0 Å². The Hall–Kier alpha value is -0.380. The van der Waals surface area contributed by atoms with Crippen LogP contribution < -0.4 is 0 Å². The van der Waals surface area contributed by atoms with Crippen molar-refractivity contribution >= 4 is 0 Å². The third kappa shape index (κ3) is 5.30. The largest absolute Gasteiger partial charge is 0.393 e. The lowest BCUT2D eigenvalue weighted by molar-refractivity contribution is 0.0637. The van der Waals surface area contributed by atoms with Gasteiger partial charge < -0.3 is 14.7 Å². The molecule has 1 heterocycles. The van der Waals surface area contributed by atoms with Crippen molar-refractivity contribution in [3.63, 3.8) is 0 Å². The van der Waals surface area contributed by atoms with Gasteiger partial charge in [-0.15, -0.1) is 6.58 Å². The van der Waals surface area contributed by atoms with E-state index >= 15 is 0 Å². The van der Waals surface area contributed by atoms with Crippen LogP contribution in [0.3, 0.4) is 0 Å². The number of aliphatic hydroxyl groups is 1. The zero-order valence-corrected chi connectivity index (χ0v) is 9.69. The number of likely N-dealkylation sites (tertiary alicyclic amines) is 1. The second kappa shape index (κ2) is 6.99. The minimum atomic E-state index is -0.0710. The first-order valence-corrected chi connectivity index (χ1v) is 5.87. The molecule has 1 atom stereocenters. The van der Waals surface area contributed by atoms with Gasteiger partial charge in [0.1, 0.15) is 0 Å². The SMILES string of the molecule is C=CC(C)OCCCN1CCC(O)CC1. The van der Waals surface area contributed by atoms with Crippen LogP contribution in [-0.2, 0) is 4.74 Å². The summed E-state index contributed by atoms with van der Waals surface area (Å²) < 4.78 is 5.51. The van der Waals surface area contributed by atoms with Crippen LogP contribution in [0.15, 0.2) is 12.7 Å². The molecule has 0 spiro atoms. The van der Waals surface area contributed by atoms with Gasteiger partial charge in [-0.3, -0.25) is 0 Å². The lowest BCUT2D eigenvalue weighted by atomic mass is 10.1. The van der Waals surface area contributed by atoms with Crippen molar-refractivity contribution in [1.29, 1.82) is 0 Å². The van der Waals surface area contributed by atoms with E-state index in [1.807, 2.05) is 13.0 Å². The summed E-state index contributed by atoms with van der Waals surface area (Å²) in [5.41, 5.74) is 0. The molecule has 0 aromatic carbocycles. The molecule has 3 heteroatoms. The second-order valence-corrected chi connectivity index (χ2v) is 4.24. The minimum absolute atomic E-state index is 0.0710. The predicted molar refractivity (Wildman–Crippen MR) is 61.9 cm³/mol. The summed E-state index contributed by atoms with van der Waals surface area (Å²) in [6.45, 7) is 9.61. The third-order valence-corrected chi connectivity index (χ3v) is 2.89. The number of aliphatic hydroxyl groups excluding tert-OH is 1. The van der Waals surface area contributed by atoms with Crippen molar-refractivity contribution < 1.29 is 9.84 Å². The zero-order valence-electron chi connectivity index (χ0n) is 9.69. The number of piperidine rings is 1. The smallest absolute Gasteiger partial charge is 0.0725 e. The van der Waals surface area contributed by atoms with Gasteiger partial charge in [0.15, 0.2) is 0 Å². The number of rotatable bonds is 6. The van der Waals surface area contributed by atoms with E-state index in [9.17, 15) is 5.11 Å². The first-order valence-electron chi connectivity index (χ1n) is 5.87. The van der Waals surface area contributed by atoms with Crippen LogP contribution in [-0.4, -0.2) is 48.5 Å². The zero-order chi connectivity index (χ0) is 11.1. The molecule has 0 saturated carbocycles. The van der Waals surface area contributed by atoms with E-state index < -0.39 is 0 Å². The number of hydrogen-bond acceptors (Lipinski definition) is 3. The van der Waals surface area contributed by atoms with Crippen molar-refractivity contribution in [3.8, 4) is 0 Å². The lowest BCUT2D eigenvalue weighted by Crippen LogP contribution is -2.36. The third-order valence-electron chi connectivity index (χ3n) is 2.89. The highest BCUT2D eigenvalue weighted by Gasteiger charge is 2.15. The van der Waals surface area contributed by atoms with Gasteiger partial charge in [-0.2, -0.15) is 0 Å². The summed E-state index contributed by atoms with van der Waals surface area (Å²) in [6, 6.07) is 0. The van der Waals surface area contributed by atoms with Gasteiger partial charge in [-0.1, -0.05) is 6.08 Å². The maximum atomic E-state index is 9.34. The first kappa shape index (κ1) is 12.7. The molecule has 0 aliphatic carbocycles. The van der Waals surface area contributed by atoms with Crippen LogP contribution >= 0.6 is 0 Å². The van der Waals surface area contributed by atoms with Crippen LogP contribution in [0.25, 0.3) is 0 Å². The fraction of sp³-hybridized carbons (Fsp3) is 0.833. The van der Waals surface area contributed by atoms with Gasteiger partial charge in [0.05, 0.1) is 12.2 Å². The summed E-state index contributed by atoms with van der Waals surface area (Å²) >= 11 is 0. The average Bonchev–Trinajstić information content (AvgIpc) is 2.26. The van der Waals surface area contributed by atoms with Crippen molar-refractivity contribution in [2.45, 2.75) is 38.4 Å². The van der Waals surface area contributed by atoms with Crippen molar-refractivity contribution in [1.82, 2.24) is 4.90 Å². The average molecular weight is 213 g/mol. The van der Waals surface area contributed by atoms with Crippen molar-refractivity contribution in [3.05, 3.63) is 12.7 Å². The number of ether oxygens (including phenoxy) is 1. The first-order chi connectivity index (χ1) is 7.22. The standard InChI is InChI=1S/C12H23NO2/c1-3-11(2)15-10-4-7-13-8-5-12(14)6-9-13/h3,11-12,14H,1,4-10H2,2H3. The van der Waals surface area contributed by atoms with Gasteiger partial charge in [0.2, 0.25) is 0 Å². The van der Waals surface area contributed by atoms with Crippen molar-refractivity contribution in [2.75, 3.05) is 26.2 Å². The van der Waals surface area contributed by atoms with Gasteiger partial charge in [-0.05, 0) is 26.2 Å². The Morgan fingerprint density at radius 3 is 2.80 bits per heavy atom. The van der Waals surface area contributed by atoms with Crippen LogP contribution in [0.2, 0.25) is 0 Å². The Balaban J connectivity index is 1.98. The van der Waals surface area contributed by atoms with Crippen LogP contribution in [0, 0.1) is 0 Å². The number of nitrogens with zero attached hydrogens (tertiary/aromatic N) is 1. The molecule has 15 heavy (non-hydrogen) atoms. The Morgan fingerprint density at radius 1 is 1.53 bits per heavy atom. The molecule has 0 amide bonds. The summed E-state index contributed by atoms with van der Waals surface area (Å²) in [5.74, 6) is 0. The fourth-order valence-electron chi connectivity index (χ4n) is 1.77. The number of hydrogen-bond donors (Lipinski definition) is 1. The van der Waals surface area contributed by atoms with E-state index in [0.717, 1.165) is 45.5 Å². The molecule has 88 valence electrons. The van der Waals surface area contributed by atoms with E-state index in [0.29, 0.717) is 0 Å². The predicted octanol–water partition coefficient (Wildman–Crippen LogP) is 1.42. The van der Waals surface area contributed by atoms with Crippen LogP contribution in [0.1, 0.15) is 26.2 Å². The molecule has 0 bridgehead atoms. The Labute approximate surface area is 92.7 Å². The normalized spacial score (nSPS) is 21.5. The van der Waals surface area contributed by atoms with Gasteiger partial charge in [-0.25, -0.2) is 0 Å². The van der Waals surface area contributed by atoms with Gasteiger partial charge in [0.25, 0.3) is 0 Å². The molecule has 1 saturated heterocycles. The highest BCUT2D eigenvalue weighted by atomic mass is 16.5. The quantitative estimate of drug-likeness (QED) is 0.535. The molecule has 0 aromatic rings. The van der Waals surface area contributed by atoms with Crippen molar-refractivity contribution in [2.24, 2.45) is 0 Å². The summed E-state index contributed by atoms with van der Waals surface area (Å²) in [4.78, 5) is 2.40. The topological polar surface area (TPSA) is 32.7 Å². The molecule has 0 aromatic heterocycles. The van der Waals surface area contributed by atoms with E-state index in [1.165, 1.54) is 0 Å². The highest BCUT2D eigenvalue weighted by molar-refractivity contribution is 4.75.